The van der Waals surface area contributed by atoms with Crippen LogP contribution in [0.3, 0.4) is 0 Å². The molecular formula is C7H7F3N4O. The molecule has 0 saturated heterocycles. The van der Waals surface area contributed by atoms with Gasteiger partial charge in [0, 0.05) is 0 Å². The van der Waals surface area contributed by atoms with Crippen LogP contribution in [0, 0.1) is 0 Å². The Bertz CT molecular complexity index is 407. The first-order chi connectivity index (χ1) is 6.91. The summed E-state index contributed by atoms with van der Waals surface area (Å²) in [5.74, 6) is -1.21. The summed E-state index contributed by atoms with van der Waals surface area (Å²) in [5.41, 5.74) is 2.84. The third-order valence-electron chi connectivity index (χ3n) is 2.09. The zero-order chi connectivity index (χ0) is 11.2. The average molecular weight is 220 g/mol. The van der Waals surface area contributed by atoms with Crippen LogP contribution in [0.15, 0.2) is 0 Å². The van der Waals surface area contributed by atoms with Gasteiger partial charge in [-0.3, -0.25) is 4.79 Å². The Hall–Kier alpha value is -1.60. The van der Waals surface area contributed by atoms with Gasteiger partial charge in [-0.2, -0.15) is 13.2 Å². The fraction of sp³-hybridized carbons (Fsp3) is 0.571. The molecule has 1 aliphatic rings. The van der Waals surface area contributed by atoms with Gasteiger partial charge >= 0.3 is 6.18 Å². The van der Waals surface area contributed by atoms with E-state index in [-0.39, 0.29) is 6.04 Å². The summed E-state index contributed by atoms with van der Waals surface area (Å²) < 4.78 is 38.5. The summed E-state index contributed by atoms with van der Waals surface area (Å²) in [6.07, 6.45) is -3.42. The number of halogens is 3. The van der Waals surface area contributed by atoms with E-state index in [0.717, 1.165) is 4.68 Å². The fourth-order valence-corrected chi connectivity index (χ4v) is 1.30. The Morgan fingerprint density at radius 3 is 2.47 bits per heavy atom. The largest absolute Gasteiger partial charge is 0.435 e. The van der Waals surface area contributed by atoms with E-state index in [9.17, 15) is 18.0 Å². The Morgan fingerprint density at radius 2 is 2.07 bits per heavy atom. The number of amides is 1. The minimum Gasteiger partial charge on any atom is -0.364 e. The highest BCUT2D eigenvalue weighted by Crippen LogP contribution is 2.40. The number of carbonyl (C=O) groups excluding carboxylic acids is 1. The number of carbonyl (C=O) groups is 1. The molecule has 0 aliphatic heterocycles. The van der Waals surface area contributed by atoms with Crippen LogP contribution >= 0.6 is 0 Å². The molecule has 2 N–H and O–H groups in total. The smallest absolute Gasteiger partial charge is 0.364 e. The van der Waals surface area contributed by atoms with Crippen LogP contribution in [0.25, 0.3) is 0 Å². The van der Waals surface area contributed by atoms with Crippen molar-refractivity contribution in [2.75, 3.05) is 0 Å². The molecule has 15 heavy (non-hydrogen) atoms. The first-order valence-corrected chi connectivity index (χ1v) is 4.23. The highest BCUT2D eigenvalue weighted by molar-refractivity contribution is 5.91. The van der Waals surface area contributed by atoms with Gasteiger partial charge in [0.1, 0.15) is 0 Å². The van der Waals surface area contributed by atoms with Gasteiger partial charge in [0.25, 0.3) is 5.91 Å². The maximum atomic E-state index is 12.6. The molecule has 1 heterocycles. The quantitative estimate of drug-likeness (QED) is 0.798. The highest BCUT2D eigenvalue weighted by atomic mass is 19.4. The van der Waals surface area contributed by atoms with Gasteiger partial charge < -0.3 is 5.73 Å². The molecule has 8 heteroatoms. The molecule has 5 nitrogen and oxygen atoms in total. The van der Waals surface area contributed by atoms with Gasteiger partial charge in [0.05, 0.1) is 6.04 Å². The van der Waals surface area contributed by atoms with E-state index in [4.69, 9.17) is 5.73 Å². The number of nitrogens with zero attached hydrogens (tertiary/aromatic N) is 3. The molecule has 0 radical (unpaired) electrons. The molecule has 1 aromatic heterocycles. The number of hydrogen-bond acceptors (Lipinski definition) is 3. The molecule has 0 atom stereocenters. The lowest BCUT2D eigenvalue weighted by Gasteiger charge is -2.08. The lowest BCUT2D eigenvalue weighted by molar-refractivity contribution is -0.144. The summed E-state index contributed by atoms with van der Waals surface area (Å²) in [6, 6.07) is -0.303. The van der Waals surface area contributed by atoms with Crippen LogP contribution in [-0.2, 0) is 6.18 Å². The molecule has 1 amide bonds. The lowest BCUT2D eigenvalue weighted by atomic mass is 10.3. The van der Waals surface area contributed by atoms with Gasteiger partial charge in [-0.15, -0.1) is 5.10 Å². The minimum absolute atomic E-state index is 0.303. The Labute approximate surface area is 82.0 Å². The highest BCUT2D eigenvalue weighted by Gasteiger charge is 2.44. The summed E-state index contributed by atoms with van der Waals surface area (Å²) in [6.45, 7) is 0. The summed E-state index contributed by atoms with van der Waals surface area (Å²) >= 11 is 0. The van der Waals surface area contributed by atoms with E-state index < -0.39 is 23.5 Å². The third kappa shape index (κ3) is 1.66. The molecule has 2 rings (SSSR count). The summed E-state index contributed by atoms with van der Waals surface area (Å²) in [7, 11) is 0. The van der Waals surface area contributed by atoms with Gasteiger partial charge in [-0.25, -0.2) is 4.68 Å². The van der Waals surface area contributed by atoms with Crippen molar-refractivity contribution in [2.45, 2.75) is 25.1 Å². The lowest BCUT2D eigenvalue weighted by Crippen LogP contribution is -2.21. The van der Waals surface area contributed by atoms with Crippen molar-refractivity contribution in [1.82, 2.24) is 15.0 Å². The summed E-state index contributed by atoms with van der Waals surface area (Å²) in [4.78, 5) is 10.7. The monoisotopic (exact) mass is 220 g/mol. The SMILES string of the molecule is NC(=O)c1nnn(C2CC2)c1C(F)(F)F. The normalized spacial score (nSPS) is 16.7. The van der Waals surface area contributed by atoms with E-state index in [0.29, 0.717) is 12.8 Å². The minimum atomic E-state index is -4.66. The molecular weight excluding hydrogens is 213 g/mol. The molecule has 1 saturated carbocycles. The molecule has 0 bridgehead atoms. The molecule has 82 valence electrons. The van der Waals surface area contributed by atoms with Crippen LogP contribution in [0.1, 0.15) is 35.1 Å². The van der Waals surface area contributed by atoms with E-state index in [1.54, 1.807) is 0 Å². The number of nitrogens with two attached hydrogens (primary N) is 1. The van der Waals surface area contributed by atoms with Crippen molar-refractivity contribution in [3.8, 4) is 0 Å². The maximum Gasteiger partial charge on any atom is 0.435 e. The van der Waals surface area contributed by atoms with Crippen LogP contribution in [0.4, 0.5) is 13.2 Å². The first kappa shape index (κ1) is 9.94. The standard InChI is InChI=1S/C7H7F3N4O/c8-7(9,10)5-4(6(11)15)12-13-14(5)3-1-2-3/h3H,1-2H2,(H2,11,15). The molecule has 0 unspecified atom stereocenters. The molecule has 1 fully saturated rings. The van der Waals surface area contributed by atoms with Crippen LogP contribution in [0.2, 0.25) is 0 Å². The van der Waals surface area contributed by atoms with E-state index in [2.05, 4.69) is 10.3 Å². The number of primary amides is 1. The van der Waals surface area contributed by atoms with Crippen LogP contribution in [-0.4, -0.2) is 20.9 Å². The van der Waals surface area contributed by atoms with Crippen molar-refractivity contribution in [3.05, 3.63) is 11.4 Å². The molecule has 0 spiro atoms. The van der Waals surface area contributed by atoms with Gasteiger partial charge in [-0.05, 0) is 12.8 Å². The van der Waals surface area contributed by atoms with Gasteiger partial charge in [0.2, 0.25) is 0 Å². The Kier molecular flexibility index (Phi) is 1.95. The second-order valence-electron chi connectivity index (χ2n) is 3.32. The van der Waals surface area contributed by atoms with Crippen molar-refractivity contribution >= 4 is 5.91 Å². The fourth-order valence-electron chi connectivity index (χ4n) is 1.30. The molecule has 1 aliphatic carbocycles. The zero-order valence-corrected chi connectivity index (χ0v) is 7.45. The van der Waals surface area contributed by atoms with Crippen molar-refractivity contribution in [2.24, 2.45) is 5.73 Å². The predicted molar refractivity (Wildman–Crippen MR) is 41.8 cm³/mol. The predicted octanol–water partition coefficient (Wildman–Crippen LogP) is 0.731. The number of rotatable bonds is 2. The van der Waals surface area contributed by atoms with Crippen LogP contribution < -0.4 is 5.73 Å². The van der Waals surface area contributed by atoms with Crippen molar-refractivity contribution in [3.63, 3.8) is 0 Å². The van der Waals surface area contributed by atoms with Crippen molar-refractivity contribution < 1.29 is 18.0 Å². The Balaban J connectivity index is 2.53. The number of alkyl halides is 3. The van der Waals surface area contributed by atoms with Crippen LogP contribution in [0.5, 0.6) is 0 Å². The summed E-state index contributed by atoms with van der Waals surface area (Å²) in [5, 5.41) is 6.47. The zero-order valence-electron chi connectivity index (χ0n) is 7.45. The van der Waals surface area contributed by atoms with Gasteiger partial charge in [-0.1, -0.05) is 5.21 Å². The molecule has 0 aromatic carbocycles. The maximum absolute atomic E-state index is 12.6. The Morgan fingerprint density at radius 1 is 1.47 bits per heavy atom. The van der Waals surface area contributed by atoms with E-state index in [1.165, 1.54) is 0 Å². The number of aromatic nitrogens is 3. The molecule has 1 aromatic rings. The average Bonchev–Trinajstić information content (AvgIpc) is 2.81. The van der Waals surface area contributed by atoms with E-state index >= 15 is 0 Å². The second kappa shape index (κ2) is 2.94. The number of hydrogen-bond donors (Lipinski definition) is 1. The first-order valence-electron chi connectivity index (χ1n) is 4.23. The second-order valence-corrected chi connectivity index (χ2v) is 3.32. The topological polar surface area (TPSA) is 73.8 Å². The van der Waals surface area contributed by atoms with Gasteiger partial charge in [0.15, 0.2) is 11.4 Å². The third-order valence-corrected chi connectivity index (χ3v) is 2.09. The van der Waals surface area contributed by atoms with Crippen molar-refractivity contribution in [1.29, 1.82) is 0 Å². The van der Waals surface area contributed by atoms with E-state index in [1.807, 2.05) is 0 Å².